The second kappa shape index (κ2) is 6.35. The van der Waals surface area contributed by atoms with Crippen LogP contribution in [0.5, 0.6) is 0 Å². The minimum Gasteiger partial charge on any atom is -0.465 e. The van der Waals surface area contributed by atoms with E-state index in [9.17, 15) is 13.2 Å². The van der Waals surface area contributed by atoms with Crippen molar-refractivity contribution < 1.29 is 17.9 Å². The number of esters is 1. The van der Waals surface area contributed by atoms with Crippen LogP contribution in [0.25, 0.3) is 0 Å². The predicted molar refractivity (Wildman–Crippen MR) is 65.5 cm³/mol. The third kappa shape index (κ3) is 4.27. The van der Waals surface area contributed by atoms with Crippen LogP contribution < -0.4 is 5.32 Å². The number of carbonyl (C=O) groups is 1. The van der Waals surface area contributed by atoms with Crippen molar-refractivity contribution in [2.24, 2.45) is 0 Å². The monoisotopic (exact) mass is 263 g/mol. The SMILES string of the molecule is CCOC(=O)CS(=O)(=O)C1CCCC(NC)C1. The average molecular weight is 263 g/mol. The summed E-state index contributed by atoms with van der Waals surface area (Å²) in [5.74, 6) is -1.12. The molecule has 0 bridgehead atoms. The van der Waals surface area contributed by atoms with Crippen LogP contribution in [-0.4, -0.2) is 45.1 Å². The normalized spacial score (nSPS) is 25.5. The molecule has 0 spiro atoms. The number of hydrogen-bond acceptors (Lipinski definition) is 5. The van der Waals surface area contributed by atoms with Crippen LogP contribution in [0, 0.1) is 0 Å². The topological polar surface area (TPSA) is 72.5 Å². The molecule has 2 unspecified atom stereocenters. The van der Waals surface area contributed by atoms with E-state index in [2.05, 4.69) is 10.1 Å². The number of ether oxygens (including phenoxy) is 1. The lowest BCUT2D eigenvalue weighted by atomic mass is 9.95. The van der Waals surface area contributed by atoms with Gasteiger partial charge in [0.2, 0.25) is 0 Å². The van der Waals surface area contributed by atoms with Gasteiger partial charge in [-0.3, -0.25) is 4.79 Å². The lowest BCUT2D eigenvalue weighted by Gasteiger charge is -2.28. The number of carbonyl (C=O) groups excluding carboxylic acids is 1. The van der Waals surface area contributed by atoms with Crippen molar-refractivity contribution >= 4 is 15.8 Å². The van der Waals surface area contributed by atoms with Crippen LogP contribution in [0.2, 0.25) is 0 Å². The van der Waals surface area contributed by atoms with E-state index in [-0.39, 0.29) is 12.6 Å². The summed E-state index contributed by atoms with van der Waals surface area (Å²) in [6, 6.07) is 0.241. The number of nitrogens with one attached hydrogen (secondary N) is 1. The van der Waals surface area contributed by atoms with E-state index in [1.54, 1.807) is 6.92 Å². The van der Waals surface area contributed by atoms with Crippen LogP contribution in [0.4, 0.5) is 0 Å². The molecule has 6 heteroatoms. The Morgan fingerprint density at radius 1 is 1.41 bits per heavy atom. The Labute approximate surface area is 103 Å². The maximum absolute atomic E-state index is 12.0. The molecular weight excluding hydrogens is 242 g/mol. The quantitative estimate of drug-likeness (QED) is 0.731. The van der Waals surface area contributed by atoms with Gasteiger partial charge in [-0.15, -0.1) is 0 Å². The molecular formula is C11H21NO4S. The van der Waals surface area contributed by atoms with Gasteiger partial charge in [0.25, 0.3) is 0 Å². The molecule has 1 aliphatic carbocycles. The van der Waals surface area contributed by atoms with Crippen LogP contribution in [0.1, 0.15) is 32.6 Å². The maximum Gasteiger partial charge on any atom is 0.321 e. The largest absolute Gasteiger partial charge is 0.465 e. The summed E-state index contributed by atoms with van der Waals surface area (Å²) in [5, 5.41) is 2.70. The standard InChI is InChI=1S/C11H21NO4S/c1-3-16-11(13)8-17(14,15)10-6-4-5-9(7-10)12-2/h9-10,12H,3-8H2,1-2H3. The molecule has 1 aliphatic rings. The highest BCUT2D eigenvalue weighted by Gasteiger charge is 2.33. The van der Waals surface area contributed by atoms with Gasteiger partial charge in [0.1, 0.15) is 5.75 Å². The molecule has 0 amide bonds. The Kier molecular flexibility index (Phi) is 5.39. The molecule has 1 fully saturated rings. The molecule has 2 atom stereocenters. The first kappa shape index (κ1) is 14.4. The summed E-state index contributed by atoms with van der Waals surface area (Å²) in [6.45, 7) is 1.89. The van der Waals surface area contributed by atoms with E-state index in [4.69, 9.17) is 0 Å². The summed E-state index contributed by atoms with van der Waals surface area (Å²) in [5.41, 5.74) is 0. The van der Waals surface area contributed by atoms with Gasteiger partial charge in [0.05, 0.1) is 11.9 Å². The first-order chi connectivity index (χ1) is 7.99. The molecule has 0 heterocycles. The molecule has 0 aromatic heterocycles. The molecule has 5 nitrogen and oxygen atoms in total. The third-order valence-electron chi connectivity index (χ3n) is 3.17. The Balaban J connectivity index is 2.60. The van der Waals surface area contributed by atoms with Crippen LogP contribution in [-0.2, 0) is 19.4 Å². The van der Waals surface area contributed by atoms with E-state index < -0.39 is 26.8 Å². The van der Waals surface area contributed by atoms with E-state index in [1.165, 1.54) is 0 Å². The molecule has 100 valence electrons. The van der Waals surface area contributed by atoms with Gasteiger partial charge in [-0.05, 0) is 33.2 Å². The fourth-order valence-electron chi connectivity index (χ4n) is 2.22. The minimum absolute atomic E-state index is 0.220. The molecule has 1 N–H and O–H groups in total. The van der Waals surface area contributed by atoms with Crippen molar-refractivity contribution in [1.29, 1.82) is 0 Å². The van der Waals surface area contributed by atoms with Crippen molar-refractivity contribution in [3.8, 4) is 0 Å². The molecule has 0 aromatic rings. The Morgan fingerprint density at radius 3 is 2.71 bits per heavy atom. The Morgan fingerprint density at radius 2 is 2.12 bits per heavy atom. The van der Waals surface area contributed by atoms with Crippen LogP contribution >= 0.6 is 0 Å². The predicted octanol–water partition coefficient (Wildman–Crippen LogP) is 0.495. The smallest absolute Gasteiger partial charge is 0.321 e. The summed E-state index contributed by atoms with van der Waals surface area (Å²) in [4.78, 5) is 11.2. The van der Waals surface area contributed by atoms with E-state index in [0.717, 1.165) is 12.8 Å². The lowest BCUT2D eigenvalue weighted by molar-refractivity contribution is -0.139. The van der Waals surface area contributed by atoms with Gasteiger partial charge >= 0.3 is 5.97 Å². The van der Waals surface area contributed by atoms with E-state index in [0.29, 0.717) is 12.8 Å². The molecule has 0 aliphatic heterocycles. The summed E-state index contributed by atoms with van der Waals surface area (Å²) >= 11 is 0. The molecule has 0 aromatic carbocycles. The zero-order valence-electron chi connectivity index (χ0n) is 10.4. The van der Waals surface area contributed by atoms with Crippen molar-refractivity contribution in [2.45, 2.75) is 43.9 Å². The van der Waals surface area contributed by atoms with Gasteiger partial charge in [-0.1, -0.05) is 6.42 Å². The van der Waals surface area contributed by atoms with Crippen molar-refractivity contribution in [2.75, 3.05) is 19.4 Å². The summed E-state index contributed by atoms with van der Waals surface area (Å²) in [7, 11) is -1.52. The fourth-order valence-corrected chi connectivity index (χ4v) is 3.92. The lowest BCUT2D eigenvalue weighted by Crippen LogP contribution is -2.39. The second-order valence-electron chi connectivity index (χ2n) is 4.39. The second-order valence-corrected chi connectivity index (χ2v) is 6.67. The first-order valence-electron chi connectivity index (χ1n) is 6.04. The molecule has 0 radical (unpaired) electrons. The maximum atomic E-state index is 12.0. The Hall–Kier alpha value is -0.620. The van der Waals surface area contributed by atoms with Gasteiger partial charge in [-0.25, -0.2) is 8.42 Å². The minimum atomic E-state index is -3.36. The molecule has 1 saturated carbocycles. The van der Waals surface area contributed by atoms with Gasteiger partial charge in [-0.2, -0.15) is 0 Å². The number of hydrogen-bond donors (Lipinski definition) is 1. The van der Waals surface area contributed by atoms with E-state index >= 15 is 0 Å². The average Bonchev–Trinajstić information content (AvgIpc) is 2.28. The highest BCUT2D eigenvalue weighted by atomic mass is 32.2. The number of rotatable bonds is 5. The van der Waals surface area contributed by atoms with Crippen molar-refractivity contribution in [1.82, 2.24) is 5.32 Å². The molecule has 0 saturated heterocycles. The van der Waals surface area contributed by atoms with Gasteiger partial charge < -0.3 is 10.1 Å². The van der Waals surface area contributed by atoms with Crippen LogP contribution in [0.15, 0.2) is 0 Å². The van der Waals surface area contributed by atoms with Crippen molar-refractivity contribution in [3.63, 3.8) is 0 Å². The van der Waals surface area contributed by atoms with E-state index in [1.807, 2.05) is 7.05 Å². The van der Waals surface area contributed by atoms with Crippen LogP contribution in [0.3, 0.4) is 0 Å². The molecule has 1 rings (SSSR count). The molecule has 17 heavy (non-hydrogen) atoms. The summed E-state index contributed by atoms with van der Waals surface area (Å²) in [6.07, 6.45) is 3.14. The first-order valence-corrected chi connectivity index (χ1v) is 7.75. The zero-order chi connectivity index (χ0) is 12.9. The third-order valence-corrected chi connectivity index (χ3v) is 5.25. The fraction of sp³-hybridized carbons (Fsp3) is 0.909. The highest BCUT2D eigenvalue weighted by molar-refractivity contribution is 7.92. The summed E-state index contributed by atoms with van der Waals surface area (Å²) < 4.78 is 28.7. The van der Waals surface area contributed by atoms with Crippen molar-refractivity contribution in [3.05, 3.63) is 0 Å². The number of sulfone groups is 1. The zero-order valence-corrected chi connectivity index (χ0v) is 11.3. The highest BCUT2D eigenvalue weighted by Crippen LogP contribution is 2.24. The van der Waals surface area contributed by atoms with Gasteiger partial charge in [0, 0.05) is 6.04 Å². The van der Waals surface area contributed by atoms with Gasteiger partial charge in [0.15, 0.2) is 9.84 Å². The Bertz CT molecular complexity index is 352.